The smallest absolute Gasteiger partial charge is 0.416 e. The highest BCUT2D eigenvalue weighted by molar-refractivity contribution is 5.99. The van der Waals surface area contributed by atoms with E-state index in [1.54, 1.807) is 36.1 Å². The van der Waals surface area contributed by atoms with E-state index in [1.165, 1.54) is 12.1 Å². The van der Waals surface area contributed by atoms with Crippen LogP contribution in [-0.2, 0) is 11.6 Å². The quantitative estimate of drug-likeness (QED) is 0.544. The Morgan fingerprint density at radius 2 is 1.68 bits per heavy atom. The Hall–Kier alpha value is -3.49. The van der Waals surface area contributed by atoms with Crippen LogP contribution in [0.1, 0.15) is 32.0 Å². The molecular formula is C22H23F3N4O2. The van der Waals surface area contributed by atoms with E-state index >= 15 is 0 Å². The van der Waals surface area contributed by atoms with Gasteiger partial charge in [-0.15, -0.1) is 0 Å². The molecule has 0 saturated heterocycles. The second-order valence-corrected chi connectivity index (χ2v) is 7.93. The van der Waals surface area contributed by atoms with Gasteiger partial charge in [-0.05, 0) is 36.4 Å². The largest absolute Gasteiger partial charge is 0.497 e. The number of hydrogen-bond donors (Lipinski definition) is 2. The first-order valence-electron chi connectivity index (χ1n) is 9.47. The molecular weight excluding hydrogens is 409 g/mol. The highest BCUT2D eigenvalue weighted by Gasteiger charge is 2.30. The van der Waals surface area contributed by atoms with Crippen LogP contribution in [0.25, 0.3) is 5.69 Å². The molecule has 3 rings (SSSR count). The monoisotopic (exact) mass is 432 g/mol. The van der Waals surface area contributed by atoms with Crippen molar-refractivity contribution in [3.63, 3.8) is 0 Å². The van der Waals surface area contributed by atoms with Crippen LogP contribution >= 0.6 is 0 Å². The number of urea groups is 1. The van der Waals surface area contributed by atoms with Crippen LogP contribution in [0.2, 0.25) is 0 Å². The molecule has 31 heavy (non-hydrogen) atoms. The van der Waals surface area contributed by atoms with Crippen molar-refractivity contribution in [1.29, 1.82) is 0 Å². The van der Waals surface area contributed by atoms with E-state index in [2.05, 4.69) is 15.7 Å². The predicted octanol–water partition coefficient (Wildman–Crippen LogP) is 5.84. The van der Waals surface area contributed by atoms with Gasteiger partial charge in [0.05, 0.1) is 24.1 Å². The number of anilines is 2. The number of nitrogens with zero attached hydrogens (tertiary/aromatic N) is 2. The van der Waals surface area contributed by atoms with Gasteiger partial charge < -0.3 is 10.1 Å². The predicted molar refractivity (Wildman–Crippen MR) is 113 cm³/mol. The molecule has 1 aromatic heterocycles. The van der Waals surface area contributed by atoms with Gasteiger partial charge in [0.1, 0.15) is 11.6 Å². The number of rotatable bonds is 4. The van der Waals surface area contributed by atoms with E-state index in [0.29, 0.717) is 17.3 Å². The van der Waals surface area contributed by atoms with Gasteiger partial charge in [-0.25, -0.2) is 9.48 Å². The van der Waals surface area contributed by atoms with E-state index in [-0.39, 0.29) is 11.1 Å². The van der Waals surface area contributed by atoms with E-state index in [4.69, 9.17) is 4.74 Å². The lowest BCUT2D eigenvalue weighted by atomic mass is 9.92. The number of alkyl halides is 3. The molecule has 0 aliphatic heterocycles. The molecule has 0 aliphatic carbocycles. The Labute approximate surface area is 178 Å². The molecule has 0 atom stereocenters. The van der Waals surface area contributed by atoms with E-state index in [1.807, 2.05) is 26.8 Å². The Bertz CT molecular complexity index is 1070. The first-order chi connectivity index (χ1) is 14.5. The standard InChI is InChI=1S/C22H23F3N4O2/c1-21(2,3)18-13-19(29(28-18)16-6-5-7-17(12-16)31-4)27-20(30)26-15-10-8-14(9-11-15)22(23,24)25/h5-13H,1-4H3,(H2,26,27,30). The van der Waals surface area contributed by atoms with Crippen LogP contribution in [0.15, 0.2) is 54.6 Å². The molecule has 2 aromatic carbocycles. The SMILES string of the molecule is COc1cccc(-n2nc(C(C)(C)C)cc2NC(=O)Nc2ccc(C(F)(F)F)cc2)c1. The van der Waals surface area contributed by atoms with Gasteiger partial charge in [-0.3, -0.25) is 5.32 Å². The molecule has 0 fully saturated rings. The first kappa shape index (κ1) is 22.2. The molecule has 0 aliphatic rings. The van der Waals surface area contributed by atoms with Gasteiger partial charge in [0, 0.05) is 23.2 Å². The minimum atomic E-state index is -4.44. The molecule has 1 heterocycles. The normalized spacial score (nSPS) is 11.8. The summed E-state index contributed by atoms with van der Waals surface area (Å²) in [5.41, 5.74) is 0.600. The van der Waals surface area contributed by atoms with Crippen molar-refractivity contribution in [3.8, 4) is 11.4 Å². The lowest BCUT2D eigenvalue weighted by Gasteiger charge is -2.14. The van der Waals surface area contributed by atoms with Crippen molar-refractivity contribution >= 4 is 17.5 Å². The average Bonchev–Trinajstić information content (AvgIpc) is 3.12. The second kappa shape index (κ2) is 8.33. The molecule has 9 heteroatoms. The fourth-order valence-electron chi connectivity index (χ4n) is 2.80. The first-order valence-corrected chi connectivity index (χ1v) is 9.47. The zero-order valence-electron chi connectivity index (χ0n) is 17.5. The summed E-state index contributed by atoms with van der Waals surface area (Å²) in [6.07, 6.45) is -4.44. The van der Waals surface area contributed by atoms with Crippen LogP contribution < -0.4 is 15.4 Å². The third kappa shape index (κ3) is 5.36. The summed E-state index contributed by atoms with van der Waals surface area (Å²) in [4.78, 5) is 12.5. The molecule has 2 N–H and O–H groups in total. The zero-order chi connectivity index (χ0) is 22.8. The summed E-state index contributed by atoms with van der Waals surface area (Å²) < 4.78 is 45.0. The van der Waals surface area contributed by atoms with E-state index in [9.17, 15) is 18.0 Å². The average molecular weight is 432 g/mol. The van der Waals surface area contributed by atoms with Crippen molar-refractivity contribution in [3.05, 3.63) is 65.9 Å². The van der Waals surface area contributed by atoms with Crippen LogP contribution in [0.5, 0.6) is 5.75 Å². The number of hydrogen-bond acceptors (Lipinski definition) is 3. The number of methoxy groups -OCH3 is 1. The molecule has 0 saturated carbocycles. The lowest BCUT2D eigenvalue weighted by Crippen LogP contribution is -2.21. The highest BCUT2D eigenvalue weighted by atomic mass is 19.4. The number of carbonyl (C=O) groups excluding carboxylic acids is 1. The summed E-state index contributed by atoms with van der Waals surface area (Å²) >= 11 is 0. The molecule has 3 aromatic rings. The van der Waals surface area contributed by atoms with Crippen LogP contribution in [0, 0.1) is 0 Å². The second-order valence-electron chi connectivity index (χ2n) is 7.93. The van der Waals surface area contributed by atoms with Gasteiger partial charge in [-0.2, -0.15) is 18.3 Å². The minimum absolute atomic E-state index is 0.231. The number of nitrogens with one attached hydrogen (secondary N) is 2. The van der Waals surface area contributed by atoms with Crippen LogP contribution in [0.4, 0.5) is 29.5 Å². The maximum atomic E-state index is 12.7. The number of halogens is 3. The van der Waals surface area contributed by atoms with E-state index < -0.39 is 17.8 Å². The Kier molecular flexibility index (Phi) is 5.97. The number of ether oxygens (including phenoxy) is 1. The van der Waals surface area contributed by atoms with Crippen molar-refractivity contribution < 1.29 is 22.7 Å². The third-order valence-corrected chi connectivity index (χ3v) is 4.49. The molecule has 0 bridgehead atoms. The van der Waals surface area contributed by atoms with Crippen LogP contribution in [-0.4, -0.2) is 22.9 Å². The highest BCUT2D eigenvalue weighted by Crippen LogP contribution is 2.30. The van der Waals surface area contributed by atoms with Crippen molar-refractivity contribution in [2.24, 2.45) is 0 Å². The fourth-order valence-corrected chi connectivity index (χ4v) is 2.80. The summed E-state index contributed by atoms with van der Waals surface area (Å²) in [7, 11) is 1.56. The van der Waals surface area contributed by atoms with Crippen molar-refractivity contribution in [2.75, 3.05) is 17.7 Å². The maximum Gasteiger partial charge on any atom is 0.416 e. The summed E-state index contributed by atoms with van der Waals surface area (Å²) in [5.74, 6) is 1.04. The number of amides is 2. The summed E-state index contributed by atoms with van der Waals surface area (Å²) in [6, 6.07) is 12.6. The van der Waals surface area contributed by atoms with E-state index in [0.717, 1.165) is 17.8 Å². The Balaban J connectivity index is 1.86. The minimum Gasteiger partial charge on any atom is -0.497 e. The van der Waals surface area contributed by atoms with Gasteiger partial charge in [0.15, 0.2) is 0 Å². The molecule has 164 valence electrons. The number of carbonyl (C=O) groups is 1. The maximum absolute atomic E-state index is 12.7. The molecule has 0 spiro atoms. The van der Waals surface area contributed by atoms with Gasteiger partial charge in [0.2, 0.25) is 0 Å². The molecule has 0 unspecified atom stereocenters. The summed E-state index contributed by atoms with van der Waals surface area (Å²) in [5, 5.41) is 9.87. The van der Waals surface area contributed by atoms with Crippen LogP contribution in [0.3, 0.4) is 0 Å². The molecule has 0 radical (unpaired) electrons. The third-order valence-electron chi connectivity index (χ3n) is 4.49. The van der Waals surface area contributed by atoms with Gasteiger partial charge >= 0.3 is 12.2 Å². The molecule has 2 amide bonds. The molecule has 6 nitrogen and oxygen atoms in total. The summed E-state index contributed by atoms with van der Waals surface area (Å²) in [6.45, 7) is 5.99. The fraction of sp³-hybridized carbons (Fsp3) is 0.273. The zero-order valence-corrected chi connectivity index (χ0v) is 17.5. The van der Waals surface area contributed by atoms with Gasteiger partial charge in [-0.1, -0.05) is 26.8 Å². The van der Waals surface area contributed by atoms with Crippen molar-refractivity contribution in [2.45, 2.75) is 32.4 Å². The van der Waals surface area contributed by atoms with Gasteiger partial charge in [0.25, 0.3) is 0 Å². The van der Waals surface area contributed by atoms with Crippen molar-refractivity contribution in [1.82, 2.24) is 9.78 Å². The Morgan fingerprint density at radius 3 is 2.26 bits per heavy atom. The lowest BCUT2D eigenvalue weighted by molar-refractivity contribution is -0.137. The topological polar surface area (TPSA) is 68.2 Å². The number of benzene rings is 2. The Morgan fingerprint density at radius 1 is 1.00 bits per heavy atom. The number of aromatic nitrogens is 2.